The molecule has 0 bridgehead atoms. The minimum atomic E-state index is -0.461. The fourth-order valence-electron chi connectivity index (χ4n) is 2.97. The van der Waals surface area contributed by atoms with Crippen LogP contribution in [-0.4, -0.2) is 18.0 Å². The number of nitro groups is 1. The molecule has 0 radical (unpaired) electrons. The second-order valence-electron chi connectivity index (χ2n) is 5.45. The number of non-ortho nitro benzene ring substituents is 1. The average molecular weight is 273 g/mol. The van der Waals surface area contributed by atoms with Crippen molar-refractivity contribution in [1.82, 2.24) is 0 Å². The van der Waals surface area contributed by atoms with Crippen LogP contribution in [0.2, 0.25) is 0 Å². The van der Waals surface area contributed by atoms with E-state index in [-0.39, 0.29) is 5.69 Å². The summed E-state index contributed by atoms with van der Waals surface area (Å²) >= 11 is 0. The molecular formula is C15H19N3O2. The van der Waals surface area contributed by atoms with Gasteiger partial charge in [-0.15, -0.1) is 0 Å². The lowest BCUT2D eigenvalue weighted by atomic mass is 9.82. The summed E-state index contributed by atoms with van der Waals surface area (Å²) in [5.41, 5.74) is 1.50. The Morgan fingerprint density at radius 2 is 2.15 bits per heavy atom. The molecule has 1 saturated heterocycles. The molecule has 1 heterocycles. The van der Waals surface area contributed by atoms with Crippen LogP contribution in [0.1, 0.15) is 38.7 Å². The van der Waals surface area contributed by atoms with Gasteiger partial charge in [-0.05, 0) is 30.7 Å². The van der Waals surface area contributed by atoms with Gasteiger partial charge in [0.15, 0.2) is 0 Å². The Labute approximate surface area is 119 Å². The van der Waals surface area contributed by atoms with Crippen molar-refractivity contribution in [2.45, 2.75) is 33.1 Å². The summed E-state index contributed by atoms with van der Waals surface area (Å²) in [7, 11) is 0. The van der Waals surface area contributed by atoms with E-state index in [1.807, 2.05) is 0 Å². The van der Waals surface area contributed by atoms with E-state index in [2.05, 4.69) is 24.8 Å². The highest BCUT2D eigenvalue weighted by Gasteiger charge is 2.35. The number of nitro benzene ring substituents is 1. The van der Waals surface area contributed by atoms with Crippen molar-refractivity contribution in [2.24, 2.45) is 5.41 Å². The van der Waals surface area contributed by atoms with Crippen LogP contribution in [0, 0.1) is 26.9 Å². The van der Waals surface area contributed by atoms with Crippen molar-refractivity contribution in [3.63, 3.8) is 0 Å². The van der Waals surface area contributed by atoms with Gasteiger partial charge in [-0.25, -0.2) is 0 Å². The monoisotopic (exact) mass is 273 g/mol. The first kappa shape index (κ1) is 14.3. The maximum Gasteiger partial charge on any atom is 0.270 e. The summed E-state index contributed by atoms with van der Waals surface area (Å²) in [5.74, 6) is 0. The van der Waals surface area contributed by atoms with Crippen LogP contribution < -0.4 is 4.90 Å². The van der Waals surface area contributed by atoms with Gasteiger partial charge in [0, 0.05) is 25.2 Å². The smallest absolute Gasteiger partial charge is 0.270 e. The molecule has 0 aliphatic carbocycles. The minimum Gasteiger partial charge on any atom is -0.370 e. The van der Waals surface area contributed by atoms with Gasteiger partial charge in [-0.3, -0.25) is 10.1 Å². The second kappa shape index (κ2) is 5.49. The Kier molecular flexibility index (Phi) is 3.93. The highest BCUT2D eigenvalue weighted by atomic mass is 16.6. The van der Waals surface area contributed by atoms with Gasteiger partial charge in [0.05, 0.1) is 16.2 Å². The first-order chi connectivity index (χ1) is 9.55. The van der Waals surface area contributed by atoms with E-state index < -0.39 is 4.92 Å². The van der Waals surface area contributed by atoms with Crippen molar-refractivity contribution in [3.05, 3.63) is 33.9 Å². The van der Waals surface area contributed by atoms with Crippen molar-refractivity contribution >= 4 is 11.4 Å². The molecule has 0 saturated carbocycles. The number of anilines is 1. The number of rotatable bonds is 4. The maximum absolute atomic E-state index is 10.8. The molecule has 1 aromatic rings. The molecule has 1 aliphatic rings. The van der Waals surface area contributed by atoms with Gasteiger partial charge in [-0.2, -0.15) is 5.26 Å². The van der Waals surface area contributed by atoms with Gasteiger partial charge >= 0.3 is 0 Å². The van der Waals surface area contributed by atoms with Gasteiger partial charge < -0.3 is 4.90 Å². The largest absolute Gasteiger partial charge is 0.370 e. The molecule has 106 valence electrons. The fourth-order valence-corrected chi connectivity index (χ4v) is 2.97. The minimum absolute atomic E-state index is 0.0262. The fraction of sp³-hybridized carbons (Fsp3) is 0.533. The average Bonchev–Trinajstić information content (AvgIpc) is 2.91. The topological polar surface area (TPSA) is 70.2 Å². The van der Waals surface area contributed by atoms with E-state index in [9.17, 15) is 15.4 Å². The summed E-state index contributed by atoms with van der Waals surface area (Å²) < 4.78 is 0. The number of nitriles is 1. The van der Waals surface area contributed by atoms with Crippen molar-refractivity contribution in [3.8, 4) is 6.07 Å². The summed E-state index contributed by atoms with van der Waals surface area (Å²) in [6.07, 6.45) is 3.35. The number of hydrogen-bond donors (Lipinski definition) is 0. The zero-order valence-electron chi connectivity index (χ0n) is 11.9. The molecule has 1 aromatic carbocycles. The molecule has 0 N–H and O–H groups in total. The number of benzene rings is 1. The van der Waals surface area contributed by atoms with Gasteiger partial charge in [0.2, 0.25) is 0 Å². The number of hydrogen-bond acceptors (Lipinski definition) is 4. The third-order valence-corrected chi connectivity index (χ3v) is 4.59. The van der Waals surface area contributed by atoms with Crippen LogP contribution in [-0.2, 0) is 0 Å². The molecule has 0 unspecified atom stereocenters. The molecule has 2 rings (SSSR count). The molecule has 1 aliphatic heterocycles. The van der Waals surface area contributed by atoms with Gasteiger partial charge in [-0.1, -0.05) is 13.8 Å². The lowest BCUT2D eigenvalue weighted by Gasteiger charge is -2.27. The summed E-state index contributed by atoms with van der Waals surface area (Å²) in [5, 5.41) is 20.0. The van der Waals surface area contributed by atoms with Crippen LogP contribution in [0.3, 0.4) is 0 Å². The van der Waals surface area contributed by atoms with Crippen molar-refractivity contribution in [1.29, 1.82) is 5.26 Å². The van der Waals surface area contributed by atoms with E-state index in [0.717, 1.165) is 38.0 Å². The van der Waals surface area contributed by atoms with Crippen LogP contribution in [0.25, 0.3) is 0 Å². The summed E-state index contributed by atoms with van der Waals surface area (Å²) in [6, 6.07) is 6.64. The Morgan fingerprint density at radius 3 is 2.65 bits per heavy atom. The normalized spacial score (nSPS) is 16.9. The van der Waals surface area contributed by atoms with Crippen molar-refractivity contribution in [2.75, 3.05) is 18.0 Å². The molecule has 0 amide bonds. The predicted molar refractivity (Wildman–Crippen MR) is 77.7 cm³/mol. The molecule has 0 spiro atoms. The lowest BCUT2D eigenvalue weighted by Crippen LogP contribution is -2.26. The van der Waals surface area contributed by atoms with Crippen molar-refractivity contribution < 1.29 is 4.92 Å². The summed E-state index contributed by atoms with van der Waals surface area (Å²) in [4.78, 5) is 12.5. The van der Waals surface area contributed by atoms with Crippen LogP contribution in [0.5, 0.6) is 0 Å². The second-order valence-corrected chi connectivity index (χ2v) is 5.45. The Balaban J connectivity index is 2.31. The molecule has 0 aromatic heterocycles. The molecule has 20 heavy (non-hydrogen) atoms. The van der Waals surface area contributed by atoms with Crippen LogP contribution >= 0.6 is 0 Å². The predicted octanol–water partition coefficient (Wildman–Crippen LogP) is 3.48. The zero-order chi connectivity index (χ0) is 14.8. The highest BCUT2D eigenvalue weighted by molar-refractivity contribution is 5.63. The van der Waals surface area contributed by atoms with E-state index in [4.69, 9.17) is 0 Å². The van der Waals surface area contributed by atoms with Gasteiger partial charge in [0.1, 0.15) is 6.07 Å². The molecule has 0 atom stereocenters. The third-order valence-electron chi connectivity index (χ3n) is 4.59. The zero-order valence-corrected chi connectivity index (χ0v) is 11.9. The van der Waals surface area contributed by atoms with Crippen LogP contribution in [0.4, 0.5) is 11.4 Å². The molecule has 5 nitrogen and oxygen atoms in total. The van der Waals surface area contributed by atoms with E-state index in [1.54, 1.807) is 6.07 Å². The standard InChI is InChI=1S/C15H19N3O2/c1-3-15(4-2)7-8-17(11-15)14-6-5-13(18(19)20)9-12(14)10-16/h5-6,9H,3-4,7-8,11H2,1-2H3. The van der Waals surface area contributed by atoms with Crippen LogP contribution in [0.15, 0.2) is 18.2 Å². The molecule has 5 heteroatoms. The summed E-state index contributed by atoms with van der Waals surface area (Å²) in [6.45, 7) is 6.24. The first-order valence-corrected chi connectivity index (χ1v) is 6.98. The lowest BCUT2D eigenvalue weighted by molar-refractivity contribution is -0.384. The molecular weight excluding hydrogens is 254 g/mol. The quantitative estimate of drug-likeness (QED) is 0.622. The Hall–Kier alpha value is -2.09. The van der Waals surface area contributed by atoms with E-state index in [0.29, 0.717) is 11.0 Å². The maximum atomic E-state index is 10.8. The SMILES string of the molecule is CCC1(CC)CCN(c2ccc([N+](=O)[O-])cc2C#N)C1. The Bertz CT molecular complexity index is 559. The first-order valence-electron chi connectivity index (χ1n) is 6.98. The van der Waals surface area contributed by atoms with E-state index in [1.165, 1.54) is 12.1 Å². The van der Waals surface area contributed by atoms with E-state index >= 15 is 0 Å². The third kappa shape index (κ3) is 2.46. The molecule has 1 fully saturated rings. The Morgan fingerprint density at radius 1 is 1.45 bits per heavy atom. The highest BCUT2D eigenvalue weighted by Crippen LogP contribution is 2.40. The number of nitrogens with zero attached hydrogens (tertiary/aromatic N) is 3. The van der Waals surface area contributed by atoms with Gasteiger partial charge in [0.25, 0.3) is 5.69 Å².